The number of anilines is 2. The van der Waals surface area contributed by atoms with Crippen LogP contribution in [0.3, 0.4) is 0 Å². The van der Waals surface area contributed by atoms with E-state index in [9.17, 15) is 18.4 Å². The zero-order valence-electron chi connectivity index (χ0n) is 12.3. The molecule has 0 fully saturated rings. The van der Waals surface area contributed by atoms with Crippen LogP contribution in [0.1, 0.15) is 17.3 Å². The van der Waals surface area contributed by atoms with Gasteiger partial charge < -0.3 is 15.4 Å². The monoisotopic (exact) mass is 352 g/mol. The molecule has 0 radical (unpaired) electrons. The number of hydrogen-bond donors (Lipinski definition) is 2. The first kappa shape index (κ1) is 16.2. The van der Waals surface area contributed by atoms with Crippen LogP contribution in [-0.2, 0) is 4.79 Å². The number of halogens is 3. The van der Waals surface area contributed by atoms with E-state index in [4.69, 9.17) is 16.3 Å². The first-order valence-electron chi connectivity index (χ1n) is 6.92. The van der Waals surface area contributed by atoms with Gasteiger partial charge in [-0.2, -0.15) is 0 Å². The summed E-state index contributed by atoms with van der Waals surface area (Å²) in [7, 11) is 0. The Kier molecular flexibility index (Phi) is 4.11. The number of nitrogens with one attached hydrogen (secondary N) is 2. The van der Waals surface area contributed by atoms with Gasteiger partial charge in [-0.25, -0.2) is 8.78 Å². The van der Waals surface area contributed by atoms with Gasteiger partial charge in [-0.05, 0) is 37.3 Å². The standard InChI is InChI=1S/C16H11ClF2N2O3/c1-7-15(22)21-13-4-8(2-3-14(13)24-7)20-16(23)9-5-11(18)12(19)6-10(9)17/h2-7H,1H3,(H,20,23)(H,21,22)/t7-/m0/s1. The number of rotatable bonds is 2. The van der Waals surface area contributed by atoms with E-state index in [1.54, 1.807) is 19.1 Å². The molecular formula is C16H11ClF2N2O3. The molecule has 1 heterocycles. The highest BCUT2D eigenvalue weighted by molar-refractivity contribution is 6.34. The average molecular weight is 353 g/mol. The molecule has 3 rings (SSSR count). The Hall–Kier alpha value is -2.67. The second-order valence-electron chi connectivity index (χ2n) is 5.16. The Balaban J connectivity index is 1.84. The van der Waals surface area contributed by atoms with Gasteiger partial charge >= 0.3 is 0 Å². The van der Waals surface area contributed by atoms with Crippen LogP contribution < -0.4 is 15.4 Å². The summed E-state index contributed by atoms with van der Waals surface area (Å²) in [5, 5.41) is 4.93. The third-order valence-electron chi connectivity index (χ3n) is 3.42. The Morgan fingerprint density at radius 3 is 2.71 bits per heavy atom. The van der Waals surface area contributed by atoms with Gasteiger partial charge in [0.2, 0.25) is 0 Å². The molecule has 2 amide bonds. The number of carbonyl (C=O) groups excluding carboxylic acids is 2. The predicted molar refractivity (Wildman–Crippen MR) is 84.5 cm³/mol. The summed E-state index contributed by atoms with van der Waals surface area (Å²) >= 11 is 5.77. The van der Waals surface area contributed by atoms with Gasteiger partial charge in [0.05, 0.1) is 16.3 Å². The van der Waals surface area contributed by atoms with Crippen molar-refractivity contribution in [2.24, 2.45) is 0 Å². The molecule has 8 heteroatoms. The van der Waals surface area contributed by atoms with Crippen LogP contribution in [0, 0.1) is 11.6 Å². The normalized spacial score (nSPS) is 16.0. The van der Waals surface area contributed by atoms with Gasteiger partial charge in [0.1, 0.15) is 5.75 Å². The third kappa shape index (κ3) is 3.03. The summed E-state index contributed by atoms with van der Waals surface area (Å²) in [4.78, 5) is 23.8. The molecule has 0 spiro atoms. The summed E-state index contributed by atoms with van der Waals surface area (Å²) in [6, 6.07) is 6.07. The maximum absolute atomic E-state index is 13.3. The van der Waals surface area contributed by atoms with E-state index in [2.05, 4.69) is 10.6 Å². The van der Waals surface area contributed by atoms with Crippen LogP contribution in [0.15, 0.2) is 30.3 Å². The summed E-state index contributed by atoms with van der Waals surface area (Å²) in [6.07, 6.45) is -0.612. The lowest BCUT2D eigenvalue weighted by Gasteiger charge is -2.23. The van der Waals surface area contributed by atoms with Gasteiger partial charge in [0.25, 0.3) is 11.8 Å². The van der Waals surface area contributed by atoms with Crippen LogP contribution >= 0.6 is 11.6 Å². The van der Waals surface area contributed by atoms with E-state index in [0.29, 0.717) is 17.1 Å². The molecule has 2 aromatic carbocycles. The van der Waals surface area contributed by atoms with Crippen molar-refractivity contribution in [2.45, 2.75) is 13.0 Å². The van der Waals surface area contributed by atoms with Crippen molar-refractivity contribution in [3.63, 3.8) is 0 Å². The topological polar surface area (TPSA) is 67.4 Å². The van der Waals surface area contributed by atoms with E-state index in [-0.39, 0.29) is 16.5 Å². The zero-order valence-corrected chi connectivity index (χ0v) is 13.1. The van der Waals surface area contributed by atoms with E-state index in [1.807, 2.05) is 0 Å². The Morgan fingerprint density at radius 2 is 1.96 bits per heavy atom. The number of fused-ring (bicyclic) bond motifs is 1. The number of amides is 2. The van der Waals surface area contributed by atoms with Crippen molar-refractivity contribution < 1.29 is 23.1 Å². The maximum Gasteiger partial charge on any atom is 0.265 e. The molecule has 1 aliphatic heterocycles. The second kappa shape index (κ2) is 6.09. The van der Waals surface area contributed by atoms with E-state index < -0.39 is 23.6 Å². The van der Waals surface area contributed by atoms with Gasteiger partial charge in [-0.3, -0.25) is 9.59 Å². The molecule has 1 atom stereocenters. The van der Waals surface area contributed by atoms with Gasteiger partial charge in [-0.1, -0.05) is 11.6 Å². The summed E-state index contributed by atoms with van der Waals surface area (Å²) < 4.78 is 31.7. The van der Waals surface area contributed by atoms with E-state index in [1.165, 1.54) is 6.07 Å². The van der Waals surface area contributed by atoms with E-state index in [0.717, 1.165) is 12.1 Å². The molecule has 0 bridgehead atoms. The molecule has 0 saturated heterocycles. The first-order chi connectivity index (χ1) is 11.3. The fourth-order valence-corrected chi connectivity index (χ4v) is 2.42. The highest BCUT2D eigenvalue weighted by Gasteiger charge is 2.24. The number of benzene rings is 2. The molecule has 2 N–H and O–H groups in total. The highest BCUT2D eigenvalue weighted by Crippen LogP contribution is 2.32. The van der Waals surface area contributed by atoms with Crippen LogP contribution in [-0.4, -0.2) is 17.9 Å². The lowest BCUT2D eigenvalue weighted by atomic mass is 10.1. The Labute approximate surface area is 140 Å². The molecule has 0 saturated carbocycles. The quantitative estimate of drug-likeness (QED) is 0.812. The van der Waals surface area contributed by atoms with Crippen molar-refractivity contribution in [1.82, 2.24) is 0 Å². The molecular weight excluding hydrogens is 342 g/mol. The molecule has 124 valence electrons. The molecule has 0 unspecified atom stereocenters. The first-order valence-corrected chi connectivity index (χ1v) is 7.30. The van der Waals surface area contributed by atoms with E-state index >= 15 is 0 Å². The molecule has 0 aromatic heterocycles. The molecule has 24 heavy (non-hydrogen) atoms. The largest absolute Gasteiger partial charge is 0.479 e. The average Bonchev–Trinajstić information content (AvgIpc) is 2.52. The van der Waals surface area contributed by atoms with Crippen LogP contribution in [0.5, 0.6) is 5.75 Å². The fourth-order valence-electron chi connectivity index (χ4n) is 2.18. The SMILES string of the molecule is C[C@@H]1Oc2ccc(NC(=O)c3cc(F)c(F)cc3Cl)cc2NC1=O. The van der Waals surface area contributed by atoms with Crippen molar-refractivity contribution >= 4 is 34.8 Å². The third-order valence-corrected chi connectivity index (χ3v) is 3.74. The summed E-state index contributed by atoms with van der Waals surface area (Å²) in [5.74, 6) is -2.88. The van der Waals surface area contributed by atoms with Gasteiger partial charge in [0.15, 0.2) is 17.7 Å². The molecule has 1 aliphatic rings. The Bertz CT molecular complexity index is 857. The lowest BCUT2D eigenvalue weighted by molar-refractivity contribution is -0.122. The fraction of sp³-hybridized carbons (Fsp3) is 0.125. The van der Waals surface area contributed by atoms with Gasteiger partial charge in [-0.15, -0.1) is 0 Å². The number of ether oxygens (including phenoxy) is 1. The van der Waals surface area contributed by atoms with Crippen molar-refractivity contribution in [2.75, 3.05) is 10.6 Å². The van der Waals surface area contributed by atoms with Crippen molar-refractivity contribution in [3.8, 4) is 5.75 Å². The second-order valence-corrected chi connectivity index (χ2v) is 5.57. The lowest BCUT2D eigenvalue weighted by Crippen LogP contribution is -2.34. The Morgan fingerprint density at radius 1 is 1.25 bits per heavy atom. The van der Waals surface area contributed by atoms with Crippen LogP contribution in [0.2, 0.25) is 5.02 Å². The highest BCUT2D eigenvalue weighted by atomic mass is 35.5. The van der Waals surface area contributed by atoms with Crippen molar-refractivity contribution in [3.05, 3.63) is 52.6 Å². The molecule has 5 nitrogen and oxygen atoms in total. The molecule has 2 aromatic rings. The van der Waals surface area contributed by atoms with Gasteiger partial charge in [0, 0.05) is 5.69 Å². The minimum Gasteiger partial charge on any atom is -0.479 e. The van der Waals surface area contributed by atoms with Crippen molar-refractivity contribution in [1.29, 1.82) is 0 Å². The minimum atomic E-state index is -1.18. The predicted octanol–water partition coefficient (Wildman–Crippen LogP) is 3.59. The maximum atomic E-state index is 13.3. The van der Waals surface area contributed by atoms with Crippen LogP contribution in [0.25, 0.3) is 0 Å². The summed E-state index contributed by atoms with van der Waals surface area (Å²) in [6.45, 7) is 1.61. The smallest absolute Gasteiger partial charge is 0.265 e. The number of hydrogen-bond acceptors (Lipinski definition) is 3. The minimum absolute atomic E-state index is 0.206. The summed E-state index contributed by atoms with van der Waals surface area (Å²) in [5.41, 5.74) is 0.521. The van der Waals surface area contributed by atoms with Crippen LogP contribution in [0.4, 0.5) is 20.2 Å². The number of carbonyl (C=O) groups is 2. The zero-order chi connectivity index (χ0) is 17.4. The molecule has 0 aliphatic carbocycles.